The van der Waals surface area contributed by atoms with Crippen LogP contribution in [-0.4, -0.2) is 36.1 Å². The molecule has 4 aromatic rings. The second-order valence-electron chi connectivity index (χ2n) is 8.25. The van der Waals surface area contributed by atoms with Crippen molar-refractivity contribution in [2.24, 2.45) is 0 Å². The van der Waals surface area contributed by atoms with E-state index in [4.69, 9.17) is 0 Å². The average Bonchev–Trinajstić information content (AvgIpc) is 3.29. The highest BCUT2D eigenvalue weighted by atomic mass is 32.2. The number of para-hydroxylation sites is 1. The second kappa shape index (κ2) is 9.52. The molecule has 0 atom stereocenters. The molecule has 1 aromatic heterocycles. The van der Waals surface area contributed by atoms with Crippen LogP contribution in [0.25, 0.3) is 5.69 Å². The zero-order chi connectivity index (χ0) is 24.3. The van der Waals surface area contributed by atoms with Gasteiger partial charge in [-0.25, -0.2) is 13.1 Å². The smallest absolute Gasteiger partial charge is 0.262 e. The lowest BCUT2D eigenvalue weighted by molar-refractivity contribution is 0.0785. The van der Waals surface area contributed by atoms with Gasteiger partial charge in [0.2, 0.25) is 0 Å². The zero-order valence-electron chi connectivity index (χ0n) is 19.3. The van der Waals surface area contributed by atoms with Crippen molar-refractivity contribution in [3.63, 3.8) is 0 Å². The van der Waals surface area contributed by atoms with E-state index >= 15 is 0 Å². The summed E-state index contributed by atoms with van der Waals surface area (Å²) in [5, 5.41) is 4.37. The predicted molar refractivity (Wildman–Crippen MR) is 133 cm³/mol. The van der Waals surface area contributed by atoms with Crippen molar-refractivity contribution in [1.82, 2.24) is 14.7 Å². The number of nitrogens with zero attached hydrogens (tertiary/aromatic N) is 3. The molecule has 0 bridgehead atoms. The molecule has 4 rings (SSSR count). The highest BCUT2D eigenvalue weighted by Gasteiger charge is 2.19. The van der Waals surface area contributed by atoms with Gasteiger partial charge in [0.15, 0.2) is 0 Å². The number of aromatic nitrogens is 2. The summed E-state index contributed by atoms with van der Waals surface area (Å²) in [5.41, 5.74) is 4.04. The first-order chi connectivity index (χ1) is 16.2. The Kier molecular flexibility index (Phi) is 6.51. The van der Waals surface area contributed by atoms with Gasteiger partial charge in [-0.05, 0) is 61.4 Å². The first kappa shape index (κ1) is 23.3. The van der Waals surface area contributed by atoms with Crippen molar-refractivity contribution in [2.45, 2.75) is 25.3 Å². The normalized spacial score (nSPS) is 11.3. The summed E-state index contributed by atoms with van der Waals surface area (Å²) in [6, 6.07) is 21.5. The monoisotopic (exact) mass is 474 g/mol. The molecule has 0 radical (unpaired) electrons. The van der Waals surface area contributed by atoms with Gasteiger partial charge < -0.3 is 4.90 Å². The Morgan fingerprint density at radius 1 is 1.00 bits per heavy atom. The summed E-state index contributed by atoms with van der Waals surface area (Å²) in [4.78, 5) is 14.8. The topological polar surface area (TPSA) is 84.3 Å². The number of amides is 1. The molecule has 1 heterocycles. The van der Waals surface area contributed by atoms with E-state index in [1.807, 2.05) is 49.5 Å². The van der Waals surface area contributed by atoms with Gasteiger partial charge in [-0.15, -0.1) is 0 Å². The second-order valence-corrected chi connectivity index (χ2v) is 9.90. The average molecular weight is 475 g/mol. The van der Waals surface area contributed by atoms with Gasteiger partial charge in [0.1, 0.15) is 0 Å². The summed E-state index contributed by atoms with van der Waals surface area (Å²) in [6.45, 7) is 3.96. The van der Waals surface area contributed by atoms with Crippen molar-refractivity contribution < 1.29 is 13.2 Å². The number of rotatable bonds is 7. The molecule has 0 saturated heterocycles. The van der Waals surface area contributed by atoms with Crippen LogP contribution in [0.2, 0.25) is 0 Å². The van der Waals surface area contributed by atoms with E-state index in [2.05, 4.69) is 9.82 Å². The molecule has 0 spiro atoms. The van der Waals surface area contributed by atoms with Crippen LogP contribution in [0.15, 0.2) is 90.1 Å². The van der Waals surface area contributed by atoms with E-state index in [1.165, 1.54) is 0 Å². The lowest BCUT2D eigenvalue weighted by Gasteiger charge is -2.17. The standard InChI is InChI=1S/C26H26N4O3S/c1-19-12-13-20(2)25(14-19)34(32,33)28-23-9-7-8-22(15-23)26(31)29(3)17-21-16-27-30(18-21)24-10-5-4-6-11-24/h4-16,18,28H,17H2,1-3H3. The molecule has 174 valence electrons. The van der Waals surface area contributed by atoms with Crippen molar-refractivity contribution in [3.05, 3.63) is 107 Å². The number of carbonyl (C=O) groups excluding carboxylic acids is 1. The Hall–Kier alpha value is -3.91. The van der Waals surface area contributed by atoms with Gasteiger partial charge in [0.05, 0.1) is 16.8 Å². The maximum atomic E-state index is 13.0. The molecule has 34 heavy (non-hydrogen) atoms. The van der Waals surface area contributed by atoms with Crippen molar-refractivity contribution in [1.29, 1.82) is 0 Å². The third kappa shape index (κ3) is 5.18. The van der Waals surface area contributed by atoms with Gasteiger partial charge in [-0.3, -0.25) is 9.52 Å². The summed E-state index contributed by atoms with van der Waals surface area (Å²) in [6.07, 6.45) is 3.61. The SMILES string of the molecule is Cc1ccc(C)c(S(=O)(=O)Nc2cccc(C(=O)N(C)Cc3cnn(-c4ccccc4)c3)c2)c1. The highest BCUT2D eigenvalue weighted by Crippen LogP contribution is 2.22. The van der Waals surface area contributed by atoms with Crippen LogP contribution < -0.4 is 4.72 Å². The minimum absolute atomic E-state index is 0.219. The Balaban J connectivity index is 1.48. The summed E-state index contributed by atoms with van der Waals surface area (Å²) in [5.74, 6) is -0.222. The lowest BCUT2D eigenvalue weighted by Crippen LogP contribution is -2.26. The van der Waals surface area contributed by atoms with E-state index < -0.39 is 10.0 Å². The molecule has 1 N–H and O–H groups in total. The minimum Gasteiger partial charge on any atom is -0.337 e. The quantitative estimate of drug-likeness (QED) is 0.426. The zero-order valence-corrected chi connectivity index (χ0v) is 20.1. The molecule has 0 aliphatic rings. The van der Waals surface area contributed by atoms with Gasteiger partial charge in [-0.2, -0.15) is 5.10 Å². The number of carbonyl (C=O) groups is 1. The first-order valence-electron chi connectivity index (χ1n) is 10.8. The Morgan fingerprint density at radius 2 is 1.76 bits per heavy atom. The molecule has 0 saturated carbocycles. The van der Waals surface area contributed by atoms with E-state index in [0.29, 0.717) is 23.4 Å². The Bertz CT molecular complexity index is 1430. The van der Waals surface area contributed by atoms with Crippen molar-refractivity contribution >= 4 is 21.6 Å². The Morgan fingerprint density at radius 3 is 2.53 bits per heavy atom. The highest BCUT2D eigenvalue weighted by molar-refractivity contribution is 7.92. The molecule has 1 amide bonds. The van der Waals surface area contributed by atoms with Gasteiger partial charge in [0.25, 0.3) is 15.9 Å². The van der Waals surface area contributed by atoms with Crippen LogP contribution in [0.3, 0.4) is 0 Å². The third-order valence-corrected chi connectivity index (χ3v) is 6.94. The van der Waals surface area contributed by atoms with E-state index in [9.17, 15) is 13.2 Å². The van der Waals surface area contributed by atoms with Crippen LogP contribution in [0.1, 0.15) is 27.0 Å². The van der Waals surface area contributed by atoms with E-state index in [1.54, 1.807) is 66.1 Å². The van der Waals surface area contributed by atoms with Gasteiger partial charge in [-0.1, -0.05) is 36.4 Å². The number of hydrogen-bond donors (Lipinski definition) is 1. The maximum absolute atomic E-state index is 13.0. The summed E-state index contributed by atoms with van der Waals surface area (Å²) in [7, 11) is -2.08. The molecule has 0 unspecified atom stereocenters. The van der Waals surface area contributed by atoms with E-state index in [-0.39, 0.29) is 10.8 Å². The Labute approximate surface area is 199 Å². The number of nitrogens with one attached hydrogen (secondary N) is 1. The molecule has 0 fully saturated rings. The largest absolute Gasteiger partial charge is 0.337 e. The minimum atomic E-state index is -3.79. The number of hydrogen-bond acceptors (Lipinski definition) is 4. The van der Waals surface area contributed by atoms with Crippen LogP contribution in [-0.2, 0) is 16.6 Å². The molecule has 0 aliphatic heterocycles. The van der Waals surface area contributed by atoms with Crippen LogP contribution in [0.4, 0.5) is 5.69 Å². The molecular formula is C26H26N4O3S. The predicted octanol–water partition coefficient (Wildman–Crippen LogP) is 4.56. The van der Waals surface area contributed by atoms with Crippen LogP contribution in [0.5, 0.6) is 0 Å². The number of aryl methyl sites for hydroxylation is 2. The molecule has 7 nitrogen and oxygen atoms in total. The summed E-state index contributed by atoms with van der Waals surface area (Å²) >= 11 is 0. The maximum Gasteiger partial charge on any atom is 0.262 e. The fraction of sp³-hybridized carbons (Fsp3) is 0.154. The molecular weight excluding hydrogens is 448 g/mol. The molecule has 8 heteroatoms. The summed E-state index contributed by atoms with van der Waals surface area (Å²) < 4.78 is 30.2. The van der Waals surface area contributed by atoms with E-state index in [0.717, 1.165) is 16.8 Å². The van der Waals surface area contributed by atoms with Gasteiger partial charge in [0, 0.05) is 36.6 Å². The lowest BCUT2D eigenvalue weighted by atomic mass is 10.1. The fourth-order valence-corrected chi connectivity index (χ4v) is 5.03. The molecule has 3 aromatic carbocycles. The third-order valence-electron chi connectivity index (χ3n) is 5.42. The molecule has 0 aliphatic carbocycles. The first-order valence-corrected chi connectivity index (χ1v) is 12.3. The van der Waals surface area contributed by atoms with Gasteiger partial charge >= 0.3 is 0 Å². The number of anilines is 1. The van der Waals surface area contributed by atoms with Crippen LogP contribution in [0, 0.1) is 13.8 Å². The van der Waals surface area contributed by atoms with Crippen molar-refractivity contribution in [3.8, 4) is 5.69 Å². The van der Waals surface area contributed by atoms with Crippen molar-refractivity contribution in [2.75, 3.05) is 11.8 Å². The number of sulfonamides is 1. The fourth-order valence-electron chi connectivity index (χ4n) is 3.65. The van der Waals surface area contributed by atoms with Crippen LogP contribution >= 0.6 is 0 Å². The number of benzene rings is 3.